The second kappa shape index (κ2) is 9.57. The number of nitrogens with one attached hydrogen (secondary N) is 1. The van der Waals surface area contributed by atoms with Crippen molar-refractivity contribution in [3.63, 3.8) is 0 Å². The van der Waals surface area contributed by atoms with Crippen LogP contribution in [0, 0.1) is 12.8 Å². The van der Waals surface area contributed by atoms with Crippen molar-refractivity contribution in [3.05, 3.63) is 78.0 Å². The molecule has 0 unspecified atom stereocenters. The zero-order valence-corrected chi connectivity index (χ0v) is 17.8. The van der Waals surface area contributed by atoms with Crippen molar-refractivity contribution >= 4 is 5.96 Å². The molecule has 0 saturated carbocycles. The molecule has 6 nitrogen and oxygen atoms in total. The van der Waals surface area contributed by atoms with Gasteiger partial charge >= 0.3 is 0 Å². The minimum Gasteiger partial charge on any atom is -0.352 e. The molecule has 1 aliphatic rings. The van der Waals surface area contributed by atoms with E-state index in [0.29, 0.717) is 6.54 Å². The smallest absolute Gasteiger partial charge is 0.193 e. The van der Waals surface area contributed by atoms with Gasteiger partial charge in [-0.3, -0.25) is 9.56 Å². The number of nitrogens with zero attached hydrogens (tertiary/aromatic N) is 5. The number of hydrogen-bond donors (Lipinski definition) is 1. The Bertz CT molecular complexity index is 953. The van der Waals surface area contributed by atoms with Crippen molar-refractivity contribution in [1.82, 2.24) is 24.8 Å². The van der Waals surface area contributed by atoms with E-state index in [2.05, 4.69) is 61.6 Å². The predicted octanol–water partition coefficient (Wildman–Crippen LogP) is 3.61. The molecule has 4 rings (SSSR count). The third-order valence-corrected chi connectivity index (χ3v) is 5.83. The lowest BCUT2D eigenvalue weighted by Gasteiger charge is -2.34. The molecule has 1 aromatic carbocycles. The highest BCUT2D eigenvalue weighted by atomic mass is 15.3. The Morgan fingerprint density at radius 2 is 1.87 bits per heavy atom. The van der Waals surface area contributed by atoms with E-state index in [1.54, 1.807) is 6.20 Å². The van der Waals surface area contributed by atoms with Gasteiger partial charge in [0.15, 0.2) is 5.96 Å². The Labute approximate surface area is 178 Å². The number of piperidine rings is 1. The first kappa shape index (κ1) is 20.1. The van der Waals surface area contributed by atoms with E-state index >= 15 is 0 Å². The molecule has 3 heterocycles. The molecule has 1 aliphatic heterocycles. The highest BCUT2D eigenvalue weighted by molar-refractivity contribution is 5.79. The van der Waals surface area contributed by atoms with E-state index in [0.717, 1.165) is 42.2 Å². The Hall–Kier alpha value is -3.15. The Balaban J connectivity index is 1.28. The van der Waals surface area contributed by atoms with Gasteiger partial charge in [-0.15, -0.1) is 0 Å². The molecule has 0 atom stereocenters. The second-order valence-electron chi connectivity index (χ2n) is 7.89. The fourth-order valence-electron chi connectivity index (χ4n) is 4.09. The molecule has 0 aliphatic carbocycles. The van der Waals surface area contributed by atoms with Gasteiger partial charge in [0.2, 0.25) is 0 Å². The third kappa shape index (κ3) is 4.87. The van der Waals surface area contributed by atoms with Crippen LogP contribution in [-0.2, 0) is 13.0 Å². The van der Waals surface area contributed by atoms with Gasteiger partial charge in [-0.25, -0.2) is 9.97 Å². The topological polar surface area (TPSA) is 58.3 Å². The molecule has 3 aromatic rings. The van der Waals surface area contributed by atoms with Crippen LogP contribution in [0.3, 0.4) is 0 Å². The molecular formula is C24H30N6. The lowest BCUT2D eigenvalue weighted by atomic mass is 9.90. The zero-order chi connectivity index (χ0) is 20.8. The van der Waals surface area contributed by atoms with Crippen molar-refractivity contribution in [2.24, 2.45) is 10.9 Å². The zero-order valence-electron chi connectivity index (χ0n) is 17.8. The first-order valence-corrected chi connectivity index (χ1v) is 10.7. The minimum absolute atomic E-state index is 0.715. The van der Waals surface area contributed by atoms with E-state index in [-0.39, 0.29) is 0 Å². The molecule has 2 aromatic heterocycles. The highest BCUT2D eigenvalue weighted by Gasteiger charge is 2.21. The molecule has 6 heteroatoms. The van der Waals surface area contributed by atoms with Crippen molar-refractivity contribution < 1.29 is 0 Å². The third-order valence-electron chi connectivity index (χ3n) is 5.83. The van der Waals surface area contributed by atoms with Crippen LogP contribution in [0.4, 0.5) is 0 Å². The van der Waals surface area contributed by atoms with Crippen LogP contribution in [0.15, 0.2) is 66.0 Å². The first-order chi connectivity index (χ1) is 14.7. The largest absolute Gasteiger partial charge is 0.352 e. The Kier molecular flexibility index (Phi) is 6.42. The number of aromatic nitrogens is 3. The lowest BCUT2D eigenvalue weighted by Crippen LogP contribution is -2.45. The fraction of sp³-hybridized carbons (Fsp3) is 0.375. The van der Waals surface area contributed by atoms with Gasteiger partial charge in [-0.1, -0.05) is 36.4 Å². The summed E-state index contributed by atoms with van der Waals surface area (Å²) in [6.45, 7) is 4.79. The van der Waals surface area contributed by atoms with Crippen molar-refractivity contribution in [2.75, 3.05) is 20.1 Å². The molecule has 0 spiro atoms. The number of pyridine rings is 1. The number of rotatable bonds is 5. The SMILES string of the molecule is CN=C(NCc1ccc(-n2ccnc2C)nc1)N1CCC(Cc2ccccc2)CC1. The maximum absolute atomic E-state index is 4.58. The summed E-state index contributed by atoms with van der Waals surface area (Å²) in [5.41, 5.74) is 2.58. The van der Waals surface area contributed by atoms with Gasteiger partial charge in [0.25, 0.3) is 0 Å². The quantitative estimate of drug-likeness (QED) is 0.523. The summed E-state index contributed by atoms with van der Waals surface area (Å²) in [5.74, 6) is 3.55. The van der Waals surface area contributed by atoms with Crippen LogP contribution in [0.25, 0.3) is 5.82 Å². The monoisotopic (exact) mass is 402 g/mol. The molecule has 0 radical (unpaired) electrons. The molecule has 156 valence electrons. The van der Waals surface area contributed by atoms with Gasteiger partial charge in [-0.05, 0) is 49.3 Å². The van der Waals surface area contributed by atoms with Gasteiger partial charge in [0, 0.05) is 45.3 Å². The molecule has 0 bridgehead atoms. The average Bonchev–Trinajstić information content (AvgIpc) is 3.22. The summed E-state index contributed by atoms with van der Waals surface area (Å²) in [6.07, 6.45) is 9.22. The Morgan fingerprint density at radius 1 is 1.07 bits per heavy atom. The first-order valence-electron chi connectivity index (χ1n) is 10.7. The number of guanidine groups is 1. The van der Waals surface area contributed by atoms with Crippen LogP contribution in [0.2, 0.25) is 0 Å². The van der Waals surface area contributed by atoms with Gasteiger partial charge in [-0.2, -0.15) is 0 Å². The molecule has 30 heavy (non-hydrogen) atoms. The molecule has 1 N–H and O–H groups in total. The van der Waals surface area contributed by atoms with E-state index in [9.17, 15) is 0 Å². The molecule has 1 saturated heterocycles. The van der Waals surface area contributed by atoms with Crippen LogP contribution in [-0.4, -0.2) is 45.5 Å². The normalized spacial score (nSPS) is 15.4. The maximum Gasteiger partial charge on any atom is 0.193 e. The summed E-state index contributed by atoms with van der Waals surface area (Å²) in [5, 5.41) is 3.50. The lowest BCUT2D eigenvalue weighted by molar-refractivity contribution is 0.259. The van der Waals surface area contributed by atoms with Crippen molar-refractivity contribution in [2.45, 2.75) is 32.7 Å². The van der Waals surface area contributed by atoms with Crippen LogP contribution >= 0.6 is 0 Å². The summed E-state index contributed by atoms with van der Waals surface area (Å²) in [6, 6.07) is 15.0. The molecular weight excluding hydrogens is 372 g/mol. The number of aryl methyl sites for hydroxylation is 1. The van der Waals surface area contributed by atoms with Gasteiger partial charge < -0.3 is 10.2 Å². The van der Waals surface area contributed by atoms with E-state index in [1.807, 2.05) is 37.0 Å². The van der Waals surface area contributed by atoms with E-state index < -0.39 is 0 Å². The summed E-state index contributed by atoms with van der Waals surface area (Å²) >= 11 is 0. The molecule has 1 fully saturated rings. The highest BCUT2D eigenvalue weighted by Crippen LogP contribution is 2.21. The second-order valence-corrected chi connectivity index (χ2v) is 7.89. The van der Waals surface area contributed by atoms with E-state index in [1.165, 1.54) is 24.8 Å². The average molecular weight is 403 g/mol. The number of benzene rings is 1. The van der Waals surface area contributed by atoms with E-state index in [4.69, 9.17) is 0 Å². The minimum atomic E-state index is 0.715. The van der Waals surface area contributed by atoms with Crippen molar-refractivity contribution in [3.8, 4) is 5.82 Å². The van der Waals surface area contributed by atoms with Crippen LogP contribution in [0.5, 0.6) is 0 Å². The van der Waals surface area contributed by atoms with Crippen molar-refractivity contribution in [1.29, 1.82) is 0 Å². The number of likely N-dealkylation sites (tertiary alicyclic amines) is 1. The fourth-order valence-corrected chi connectivity index (χ4v) is 4.09. The van der Waals surface area contributed by atoms with Crippen LogP contribution < -0.4 is 5.32 Å². The van der Waals surface area contributed by atoms with Crippen LogP contribution in [0.1, 0.15) is 29.8 Å². The number of imidazole rings is 1. The summed E-state index contributed by atoms with van der Waals surface area (Å²) < 4.78 is 1.98. The molecule has 0 amide bonds. The number of hydrogen-bond acceptors (Lipinski definition) is 3. The maximum atomic E-state index is 4.58. The van der Waals surface area contributed by atoms with Gasteiger partial charge in [0.1, 0.15) is 11.6 Å². The predicted molar refractivity (Wildman–Crippen MR) is 121 cm³/mol. The summed E-state index contributed by atoms with van der Waals surface area (Å²) in [4.78, 5) is 15.7. The standard InChI is InChI=1S/C24H30N6/c1-19-26-12-15-30(19)23-9-8-22(17-27-23)18-28-24(25-2)29-13-10-21(11-14-29)16-20-6-4-3-5-7-20/h3-9,12,15,17,21H,10-11,13-14,16,18H2,1-2H3,(H,25,28). The van der Waals surface area contributed by atoms with Gasteiger partial charge in [0.05, 0.1) is 0 Å². The summed E-state index contributed by atoms with van der Waals surface area (Å²) in [7, 11) is 1.86. The Morgan fingerprint density at radius 3 is 2.50 bits per heavy atom. The number of aliphatic imine (C=N–C) groups is 1.